The van der Waals surface area contributed by atoms with E-state index in [1.54, 1.807) is 43.8 Å². The van der Waals surface area contributed by atoms with E-state index in [-0.39, 0.29) is 40.7 Å². The first-order valence-electron chi connectivity index (χ1n) is 9.30. The summed E-state index contributed by atoms with van der Waals surface area (Å²) in [4.78, 5) is 9.43. The van der Waals surface area contributed by atoms with Crippen LogP contribution in [-0.4, -0.2) is 41.8 Å². The Hall–Kier alpha value is -2.30. The fourth-order valence-corrected chi connectivity index (χ4v) is 3.33. The number of nitrogens with zero attached hydrogens (tertiary/aromatic N) is 2. The van der Waals surface area contributed by atoms with Gasteiger partial charge in [-0.3, -0.25) is 9.98 Å². The molecule has 0 saturated heterocycles. The minimum atomic E-state index is 0. The van der Waals surface area contributed by atoms with Gasteiger partial charge in [-0.2, -0.15) is 0 Å². The van der Waals surface area contributed by atoms with E-state index < -0.39 is 0 Å². The maximum absolute atomic E-state index is 10.0. The molecule has 0 aliphatic heterocycles. The SMILES string of the molecule is COc1ccc(O)c(C=NC2CCCCC2N=Cc2cc(C)ccc2O)c1.[Cu]. The van der Waals surface area contributed by atoms with Crippen LogP contribution in [0.15, 0.2) is 46.4 Å². The van der Waals surface area contributed by atoms with Crippen molar-refractivity contribution in [2.24, 2.45) is 9.98 Å². The van der Waals surface area contributed by atoms with E-state index in [0.29, 0.717) is 11.3 Å². The summed E-state index contributed by atoms with van der Waals surface area (Å²) in [5.74, 6) is 1.10. The van der Waals surface area contributed by atoms with Crippen LogP contribution in [0, 0.1) is 6.92 Å². The summed E-state index contributed by atoms with van der Waals surface area (Å²) in [6, 6.07) is 10.7. The maximum atomic E-state index is 10.0. The Kier molecular flexibility index (Phi) is 8.09. The van der Waals surface area contributed by atoms with Gasteiger partial charge in [0.25, 0.3) is 0 Å². The molecule has 2 unspecified atom stereocenters. The summed E-state index contributed by atoms with van der Waals surface area (Å²) in [5, 5.41) is 20.0. The molecule has 1 radical (unpaired) electrons. The van der Waals surface area contributed by atoms with Gasteiger partial charge in [0, 0.05) is 40.6 Å². The van der Waals surface area contributed by atoms with Gasteiger partial charge in [0.05, 0.1) is 19.2 Å². The Balaban J connectivity index is 0.00000280. The summed E-state index contributed by atoms with van der Waals surface area (Å²) in [6.45, 7) is 1.99. The molecule has 0 amide bonds. The van der Waals surface area contributed by atoms with Gasteiger partial charge in [-0.1, -0.05) is 24.5 Å². The van der Waals surface area contributed by atoms with Gasteiger partial charge in [0.2, 0.25) is 0 Å². The fourth-order valence-electron chi connectivity index (χ4n) is 3.33. The molecule has 3 rings (SSSR count). The molecule has 1 fully saturated rings. The van der Waals surface area contributed by atoms with Crippen LogP contribution in [0.5, 0.6) is 17.2 Å². The molecule has 1 aliphatic carbocycles. The number of phenols is 2. The van der Waals surface area contributed by atoms with Crippen LogP contribution in [0.25, 0.3) is 0 Å². The van der Waals surface area contributed by atoms with Crippen molar-refractivity contribution in [2.45, 2.75) is 44.7 Å². The van der Waals surface area contributed by atoms with Gasteiger partial charge in [-0.25, -0.2) is 0 Å². The zero-order chi connectivity index (χ0) is 19.2. The van der Waals surface area contributed by atoms with Crippen molar-refractivity contribution in [1.29, 1.82) is 0 Å². The molecule has 2 aromatic rings. The van der Waals surface area contributed by atoms with E-state index in [1.807, 2.05) is 19.1 Å². The Morgan fingerprint density at radius 2 is 1.43 bits per heavy atom. The summed E-state index contributed by atoms with van der Waals surface area (Å²) in [6.07, 6.45) is 7.63. The van der Waals surface area contributed by atoms with Crippen LogP contribution in [0.3, 0.4) is 0 Å². The van der Waals surface area contributed by atoms with Gasteiger partial charge < -0.3 is 14.9 Å². The number of aromatic hydroxyl groups is 2. The molecule has 0 heterocycles. The molecule has 5 nitrogen and oxygen atoms in total. The number of aryl methyl sites for hydroxylation is 1. The van der Waals surface area contributed by atoms with Crippen molar-refractivity contribution in [3.05, 3.63) is 53.1 Å². The third-order valence-electron chi connectivity index (χ3n) is 4.92. The van der Waals surface area contributed by atoms with Crippen molar-refractivity contribution in [1.82, 2.24) is 0 Å². The Morgan fingerprint density at radius 1 is 0.893 bits per heavy atom. The summed E-state index contributed by atoms with van der Waals surface area (Å²) in [7, 11) is 1.60. The van der Waals surface area contributed by atoms with Crippen molar-refractivity contribution >= 4 is 12.4 Å². The zero-order valence-corrected chi connectivity index (χ0v) is 17.0. The largest absolute Gasteiger partial charge is 0.507 e. The molecule has 1 saturated carbocycles. The van der Waals surface area contributed by atoms with Crippen LogP contribution in [0.2, 0.25) is 0 Å². The number of hydrogen-bond donors (Lipinski definition) is 2. The van der Waals surface area contributed by atoms with E-state index in [1.165, 1.54) is 0 Å². The predicted octanol–water partition coefficient (Wildman–Crippen LogP) is 4.26. The monoisotopic (exact) mass is 429 g/mol. The van der Waals surface area contributed by atoms with E-state index in [0.717, 1.165) is 36.8 Å². The first-order chi connectivity index (χ1) is 13.1. The van der Waals surface area contributed by atoms with Crippen LogP contribution in [-0.2, 0) is 17.1 Å². The van der Waals surface area contributed by atoms with E-state index in [9.17, 15) is 10.2 Å². The molecule has 2 atom stereocenters. The summed E-state index contributed by atoms with van der Waals surface area (Å²) < 4.78 is 5.21. The molecular formula is C22H26CuN2O3. The topological polar surface area (TPSA) is 74.4 Å². The van der Waals surface area contributed by atoms with Gasteiger partial charge >= 0.3 is 0 Å². The van der Waals surface area contributed by atoms with Crippen molar-refractivity contribution in [2.75, 3.05) is 7.11 Å². The molecule has 28 heavy (non-hydrogen) atoms. The summed E-state index contributed by atoms with van der Waals surface area (Å²) in [5.41, 5.74) is 2.45. The van der Waals surface area contributed by atoms with E-state index >= 15 is 0 Å². The van der Waals surface area contributed by atoms with Crippen LogP contribution < -0.4 is 4.74 Å². The molecule has 6 heteroatoms. The van der Waals surface area contributed by atoms with Crippen molar-refractivity contribution in [3.63, 3.8) is 0 Å². The van der Waals surface area contributed by atoms with Crippen molar-refractivity contribution in [3.8, 4) is 17.2 Å². The Labute approximate surface area is 176 Å². The van der Waals surface area contributed by atoms with E-state index in [2.05, 4.69) is 0 Å². The first-order valence-corrected chi connectivity index (χ1v) is 9.30. The predicted molar refractivity (Wildman–Crippen MR) is 109 cm³/mol. The Morgan fingerprint density at radius 3 is 2.00 bits per heavy atom. The standard InChI is InChI=1S/C22H26N2O3.Cu/c1-15-7-9-21(25)16(11-15)13-23-19-5-3-4-6-20(19)24-14-17-12-18(27-2)8-10-22(17)26;/h7-14,19-20,25-26H,3-6H2,1-2H3;. The number of hydrogen-bond acceptors (Lipinski definition) is 5. The second-order valence-corrected chi connectivity index (χ2v) is 6.96. The Bertz CT molecular complexity index is 852. The van der Waals surface area contributed by atoms with Crippen LogP contribution >= 0.6 is 0 Å². The van der Waals surface area contributed by atoms with E-state index in [4.69, 9.17) is 14.7 Å². The number of rotatable bonds is 5. The number of methoxy groups -OCH3 is 1. The second kappa shape index (κ2) is 10.3. The molecule has 2 aromatic carbocycles. The zero-order valence-electron chi connectivity index (χ0n) is 16.1. The fraction of sp³-hybridized carbons (Fsp3) is 0.364. The molecule has 0 spiro atoms. The van der Waals surface area contributed by atoms with Gasteiger partial charge in [0.1, 0.15) is 17.2 Å². The molecule has 2 N–H and O–H groups in total. The molecular weight excluding hydrogens is 404 g/mol. The third kappa shape index (κ3) is 5.60. The minimum absolute atomic E-state index is 0. The number of benzene rings is 2. The molecule has 0 aromatic heterocycles. The van der Waals surface area contributed by atoms with Gasteiger partial charge in [-0.05, 0) is 50.1 Å². The maximum Gasteiger partial charge on any atom is 0.124 e. The van der Waals surface area contributed by atoms with Crippen molar-refractivity contribution < 1.29 is 32.0 Å². The van der Waals surface area contributed by atoms with Crippen LogP contribution in [0.4, 0.5) is 0 Å². The smallest absolute Gasteiger partial charge is 0.124 e. The second-order valence-electron chi connectivity index (χ2n) is 6.96. The number of ether oxygens (including phenoxy) is 1. The molecule has 1 aliphatic rings. The summed E-state index contributed by atoms with van der Waals surface area (Å²) >= 11 is 0. The molecule has 0 bridgehead atoms. The first kappa shape index (κ1) is 22.0. The quantitative estimate of drug-likeness (QED) is 0.550. The molecule has 153 valence electrons. The average Bonchev–Trinajstić information content (AvgIpc) is 2.68. The normalized spacial score (nSPS) is 19.6. The van der Waals surface area contributed by atoms with Crippen LogP contribution in [0.1, 0.15) is 42.4 Å². The minimum Gasteiger partial charge on any atom is -0.507 e. The van der Waals surface area contributed by atoms with Gasteiger partial charge in [0.15, 0.2) is 0 Å². The average molecular weight is 430 g/mol. The third-order valence-corrected chi connectivity index (χ3v) is 4.92. The number of aliphatic imine (C=N–C) groups is 2. The number of phenolic OH excluding ortho intramolecular Hbond substituents is 2. The van der Waals surface area contributed by atoms with Gasteiger partial charge in [-0.15, -0.1) is 0 Å².